The van der Waals surface area contributed by atoms with Gasteiger partial charge >= 0.3 is 0 Å². The SMILES string of the molecule is CC(=O)c1ccc(Nc2ccc(F)c(Cl)c2)cc1. The molecule has 0 fully saturated rings. The van der Waals surface area contributed by atoms with Crippen molar-refractivity contribution < 1.29 is 9.18 Å². The molecular weight excluding hydrogens is 253 g/mol. The molecule has 0 saturated heterocycles. The van der Waals surface area contributed by atoms with Gasteiger partial charge in [0.05, 0.1) is 5.02 Å². The van der Waals surface area contributed by atoms with Crippen LogP contribution >= 0.6 is 11.6 Å². The number of carbonyl (C=O) groups excluding carboxylic acids is 1. The second-order valence-electron chi connectivity index (χ2n) is 3.89. The van der Waals surface area contributed by atoms with Crippen LogP contribution in [0.4, 0.5) is 15.8 Å². The number of benzene rings is 2. The molecule has 2 nitrogen and oxygen atoms in total. The van der Waals surface area contributed by atoms with E-state index in [0.29, 0.717) is 11.3 Å². The first-order chi connectivity index (χ1) is 8.56. The molecule has 4 heteroatoms. The molecule has 2 aromatic rings. The molecule has 92 valence electrons. The van der Waals surface area contributed by atoms with E-state index in [1.54, 1.807) is 30.3 Å². The second-order valence-corrected chi connectivity index (χ2v) is 4.29. The van der Waals surface area contributed by atoms with Gasteiger partial charge in [-0.1, -0.05) is 11.6 Å². The van der Waals surface area contributed by atoms with E-state index in [1.165, 1.54) is 19.1 Å². The highest BCUT2D eigenvalue weighted by molar-refractivity contribution is 6.31. The Morgan fingerprint density at radius 2 is 1.72 bits per heavy atom. The van der Waals surface area contributed by atoms with Crippen molar-refractivity contribution in [2.45, 2.75) is 6.92 Å². The zero-order valence-corrected chi connectivity index (χ0v) is 10.5. The molecule has 0 unspecified atom stereocenters. The van der Waals surface area contributed by atoms with Crippen molar-refractivity contribution in [2.24, 2.45) is 0 Å². The molecule has 0 aromatic heterocycles. The Morgan fingerprint density at radius 3 is 2.28 bits per heavy atom. The fourth-order valence-electron chi connectivity index (χ4n) is 1.53. The topological polar surface area (TPSA) is 29.1 Å². The van der Waals surface area contributed by atoms with Gasteiger partial charge in [0.25, 0.3) is 0 Å². The average molecular weight is 264 g/mol. The largest absolute Gasteiger partial charge is 0.355 e. The predicted molar refractivity (Wildman–Crippen MR) is 71.1 cm³/mol. The fourth-order valence-corrected chi connectivity index (χ4v) is 1.71. The molecule has 1 N–H and O–H groups in total. The first-order valence-electron chi connectivity index (χ1n) is 5.39. The highest BCUT2D eigenvalue weighted by Crippen LogP contribution is 2.22. The molecule has 0 spiro atoms. The summed E-state index contributed by atoms with van der Waals surface area (Å²) in [5.74, 6) is -0.430. The van der Waals surface area contributed by atoms with Gasteiger partial charge in [-0.2, -0.15) is 0 Å². The van der Waals surface area contributed by atoms with Gasteiger partial charge in [-0.15, -0.1) is 0 Å². The highest BCUT2D eigenvalue weighted by Gasteiger charge is 2.02. The van der Waals surface area contributed by atoms with Gasteiger partial charge in [-0.05, 0) is 49.4 Å². The highest BCUT2D eigenvalue weighted by atomic mass is 35.5. The summed E-state index contributed by atoms with van der Waals surface area (Å²) in [4.78, 5) is 11.1. The van der Waals surface area contributed by atoms with Crippen LogP contribution in [0, 0.1) is 5.82 Å². The van der Waals surface area contributed by atoms with E-state index in [1.807, 2.05) is 0 Å². The van der Waals surface area contributed by atoms with Gasteiger partial charge in [0.2, 0.25) is 0 Å². The maximum Gasteiger partial charge on any atom is 0.159 e. The van der Waals surface area contributed by atoms with Gasteiger partial charge in [-0.3, -0.25) is 4.79 Å². The lowest BCUT2D eigenvalue weighted by atomic mass is 10.1. The Labute approximate surface area is 109 Å². The van der Waals surface area contributed by atoms with Crippen molar-refractivity contribution in [3.8, 4) is 0 Å². The molecule has 0 aliphatic heterocycles. The summed E-state index contributed by atoms with van der Waals surface area (Å²) in [7, 11) is 0. The Balaban J connectivity index is 2.18. The number of halogens is 2. The molecule has 2 rings (SSSR count). The Hall–Kier alpha value is -1.87. The van der Waals surface area contributed by atoms with E-state index >= 15 is 0 Å². The van der Waals surface area contributed by atoms with Crippen LogP contribution in [-0.4, -0.2) is 5.78 Å². The van der Waals surface area contributed by atoms with Crippen LogP contribution in [0.25, 0.3) is 0 Å². The molecular formula is C14H11ClFNO. The number of hydrogen-bond donors (Lipinski definition) is 1. The minimum atomic E-state index is -0.450. The molecule has 0 heterocycles. The Kier molecular flexibility index (Phi) is 3.63. The average Bonchev–Trinajstić information content (AvgIpc) is 2.34. The van der Waals surface area contributed by atoms with Crippen LogP contribution in [0.5, 0.6) is 0 Å². The van der Waals surface area contributed by atoms with Crippen LogP contribution in [-0.2, 0) is 0 Å². The summed E-state index contributed by atoms with van der Waals surface area (Å²) in [6.45, 7) is 1.52. The van der Waals surface area contributed by atoms with Crippen molar-refractivity contribution in [3.05, 3.63) is 58.9 Å². The van der Waals surface area contributed by atoms with E-state index in [9.17, 15) is 9.18 Å². The number of nitrogens with one attached hydrogen (secondary N) is 1. The zero-order valence-electron chi connectivity index (χ0n) is 9.71. The lowest BCUT2D eigenvalue weighted by molar-refractivity contribution is 0.101. The van der Waals surface area contributed by atoms with Crippen LogP contribution in [0.1, 0.15) is 17.3 Å². The molecule has 0 atom stereocenters. The van der Waals surface area contributed by atoms with Gasteiger partial charge in [0.1, 0.15) is 5.82 Å². The third-order valence-electron chi connectivity index (χ3n) is 2.50. The smallest absolute Gasteiger partial charge is 0.159 e. The standard InChI is InChI=1S/C14H11ClFNO/c1-9(18)10-2-4-11(5-3-10)17-12-6-7-14(16)13(15)8-12/h2-8,17H,1H3. The quantitative estimate of drug-likeness (QED) is 0.830. The summed E-state index contributed by atoms with van der Waals surface area (Å²) in [5, 5.41) is 3.15. The van der Waals surface area contributed by atoms with Gasteiger partial charge in [0, 0.05) is 16.9 Å². The summed E-state index contributed by atoms with van der Waals surface area (Å²) in [5.41, 5.74) is 2.15. The molecule has 0 bridgehead atoms. The Bertz CT molecular complexity index is 581. The molecule has 0 amide bonds. The van der Waals surface area contributed by atoms with Crippen molar-refractivity contribution in [3.63, 3.8) is 0 Å². The zero-order chi connectivity index (χ0) is 13.1. The van der Waals surface area contributed by atoms with Crippen molar-refractivity contribution in [1.82, 2.24) is 0 Å². The lowest BCUT2D eigenvalue weighted by Crippen LogP contribution is -1.94. The van der Waals surface area contributed by atoms with Gasteiger partial charge in [-0.25, -0.2) is 4.39 Å². The van der Waals surface area contributed by atoms with Crippen LogP contribution in [0.3, 0.4) is 0 Å². The minimum absolute atomic E-state index is 0.0198. The minimum Gasteiger partial charge on any atom is -0.355 e. The number of carbonyl (C=O) groups is 1. The molecule has 2 aromatic carbocycles. The maximum atomic E-state index is 13.0. The lowest BCUT2D eigenvalue weighted by Gasteiger charge is -2.07. The first kappa shape index (κ1) is 12.6. The normalized spacial score (nSPS) is 10.2. The van der Waals surface area contributed by atoms with Gasteiger partial charge in [0.15, 0.2) is 5.78 Å². The fraction of sp³-hybridized carbons (Fsp3) is 0.0714. The summed E-state index contributed by atoms with van der Waals surface area (Å²) < 4.78 is 13.0. The van der Waals surface area contributed by atoms with Crippen molar-refractivity contribution >= 4 is 28.8 Å². The first-order valence-corrected chi connectivity index (χ1v) is 5.77. The van der Waals surface area contributed by atoms with Gasteiger partial charge < -0.3 is 5.32 Å². The predicted octanol–water partition coefficient (Wildman–Crippen LogP) is 4.43. The Morgan fingerprint density at radius 1 is 1.11 bits per heavy atom. The number of hydrogen-bond acceptors (Lipinski definition) is 2. The van der Waals surface area contributed by atoms with E-state index in [-0.39, 0.29) is 10.8 Å². The van der Waals surface area contributed by atoms with Crippen LogP contribution in [0.15, 0.2) is 42.5 Å². The van der Waals surface area contributed by atoms with Crippen molar-refractivity contribution in [1.29, 1.82) is 0 Å². The van der Waals surface area contributed by atoms with E-state index in [2.05, 4.69) is 5.32 Å². The number of anilines is 2. The summed E-state index contributed by atoms with van der Waals surface area (Å²) >= 11 is 5.69. The summed E-state index contributed by atoms with van der Waals surface area (Å²) in [6.07, 6.45) is 0. The number of rotatable bonds is 3. The van der Waals surface area contributed by atoms with Crippen LogP contribution in [0.2, 0.25) is 5.02 Å². The van der Waals surface area contributed by atoms with E-state index < -0.39 is 5.82 Å². The third-order valence-corrected chi connectivity index (χ3v) is 2.79. The maximum absolute atomic E-state index is 13.0. The molecule has 0 aliphatic carbocycles. The molecule has 18 heavy (non-hydrogen) atoms. The number of ketones is 1. The number of Topliss-reactive ketones (excluding diaryl/α,β-unsaturated/α-hetero) is 1. The molecule has 0 saturated carbocycles. The van der Waals surface area contributed by atoms with Crippen molar-refractivity contribution in [2.75, 3.05) is 5.32 Å². The monoisotopic (exact) mass is 263 g/mol. The van der Waals surface area contributed by atoms with E-state index in [0.717, 1.165) is 5.69 Å². The molecule has 0 radical (unpaired) electrons. The van der Waals surface area contributed by atoms with Crippen LogP contribution < -0.4 is 5.32 Å². The third kappa shape index (κ3) is 2.87. The molecule has 0 aliphatic rings. The summed E-state index contributed by atoms with van der Waals surface area (Å²) in [6, 6.07) is 11.4. The second kappa shape index (κ2) is 5.19. The van der Waals surface area contributed by atoms with E-state index in [4.69, 9.17) is 11.6 Å².